The molecule has 4 bridgehead atoms. The van der Waals surface area contributed by atoms with E-state index < -0.39 is 49.1 Å². The van der Waals surface area contributed by atoms with E-state index in [2.05, 4.69) is 0 Å². The highest BCUT2D eigenvalue weighted by Crippen LogP contribution is 2.42. The zero-order chi connectivity index (χ0) is 19.1. The molecule has 2 aromatic carbocycles. The normalized spacial score (nSPS) is 35.7. The fourth-order valence-electron chi connectivity index (χ4n) is 3.94. The molecule has 7 heteroatoms. The molecule has 0 spiro atoms. The number of aliphatic hydroxyl groups is 1. The van der Waals surface area contributed by atoms with E-state index in [9.17, 15) is 9.90 Å². The molecular weight excluding hydrogens is 364 g/mol. The van der Waals surface area contributed by atoms with Gasteiger partial charge in [0.05, 0.1) is 12.2 Å². The van der Waals surface area contributed by atoms with Crippen LogP contribution in [-0.4, -0.2) is 54.2 Å². The fourth-order valence-corrected chi connectivity index (χ4v) is 3.94. The van der Waals surface area contributed by atoms with E-state index in [4.69, 9.17) is 23.7 Å². The van der Waals surface area contributed by atoms with Crippen LogP contribution in [0.25, 0.3) is 0 Å². The molecule has 1 aliphatic carbocycles. The average Bonchev–Trinajstić information content (AvgIpc) is 2.74. The smallest absolute Gasteiger partial charge is 0.338 e. The van der Waals surface area contributed by atoms with Gasteiger partial charge in [0.25, 0.3) is 6.48 Å². The molecule has 0 amide bonds. The minimum atomic E-state index is -0.981. The number of rotatable bonds is 5. The van der Waals surface area contributed by atoms with Crippen molar-refractivity contribution in [2.75, 3.05) is 0 Å². The van der Waals surface area contributed by atoms with Gasteiger partial charge in [-0.05, 0) is 17.7 Å². The van der Waals surface area contributed by atoms with Crippen LogP contribution in [0.4, 0.5) is 0 Å². The Morgan fingerprint density at radius 2 is 1.46 bits per heavy atom. The first-order valence-corrected chi connectivity index (χ1v) is 9.27. The molecule has 0 radical (unpaired) electrons. The van der Waals surface area contributed by atoms with Crippen molar-refractivity contribution in [2.45, 2.75) is 49.7 Å². The van der Waals surface area contributed by atoms with Crippen LogP contribution in [0, 0.1) is 0 Å². The number of hydrogen-bond acceptors (Lipinski definition) is 7. The minimum Gasteiger partial charge on any atom is -0.453 e. The van der Waals surface area contributed by atoms with Crippen molar-refractivity contribution in [1.82, 2.24) is 0 Å². The van der Waals surface area contributed by atoms with Crippen LogP contribution in [0.1, 0.15) is 15.9 Å². The lowest BCUT2D eigenvalue weighted by Gasteiger charge is -2.57. The summed E-state index contributed by atoms with van der Waals surface area (Å²) in [7, 11) is 0. The van der Waals surface area contributed by atoms with Crippen molar-refractivity contribution in [1.29, 1.82) is 0 Å². The lowest BCUT2D eigenvalue weighted by molar-refractivity contribution is -0.483. The Hall–Kier alpha value is -2.29. The van der Waals surface area contributed by atoms with Crippen LogP contribution >= 0.6 is 0 Å². The van der Waals surface area contributed by atoms with E-state index >= 15 is 0 Å². The van der Waals surface area contributed by atoms with E-state index in [1.54, 1.807) is 24.3 Å². The summed E-state index contributed by atoms with van der Waals surface area (Å²) < 4.78 is 28.7. The van der Waals surface area contributed by atoms with Crippen molar-refractivity contribution < 1.29 is 33.6 Å². The predicted molar refractivity (Wildman–Crippen MR) is 95.1 cm³/mol. The summed E-state index contributed by atoms with van der Waals surface area (Å²) in [6, 6.07) is 18.4. The Morgan fingerprint density at radius 1 is 0.857 bits per heavy atom. The van der Waals surface area contributed by atoms with Crippen molar-refractivity contribution >= 4 is 5.97 Å². The molecule has 2 aromatic rings. The van der Waals surface area contributed by atoms with Gasteiger partial charge in [0.2, 0.25) is 0 Å². The zero-order valence-corrected chi connectivity index (χ0v) is 14.9. The SMILES string of the molecule is O=C(O[C@H]1[C@@H]2OC3O[C@H]([C@H](O)[C@@H]1O3)[C@@H]2OCc1ccccc1)c1ccccc1. The Balaban J connectivity index is 1.35. The summed E-state index contributed by atoms with van der Waals surface area (Å²) in [4.78, 5) is 12.5. The highest BCUT2D eigenvalue weighted by molar-refractivity contribution is 5.89. The molecule has 7 atom stereocenters. The van der Waals surface area contributed by atoms with E-state index in [0.717, 1.165) is 5.56 Å². The van der Waals surface area contributed by atoms with Crippen molar-refractivity contribution in [3.05, 3.63) is 71.8 Å². The summed E-state index contributed by atoms with van der Waals surface area (Å²) in [5.74, 6) is -0.500. The van der Waals surface area contributed by atoms with Gasteiger partial charge in [-0.3, -0.25) is 0 Å². The first-order chi connectivity index (χ1) is 13.7. The molecular formula is C21H20O7. The second-order valence-corrected chi connectivity index (χ2v) is 7.08. The van der Waals surface area contributed by atoms with Crippen molar-refractivity contribution in [3.8, 4) is 0 Å². The van der Waals surface area contributed by atoms with E-state index in [0.29, 0.717) is 12.2 Å². The van der Waals surface area contributed by atoms with Crippen molar-refractivity contribution in [3.63, 3.8) is 0 Å². The molecule has 1 N–H and O–H groups in total. The molecule has 3 aliphatic heterocycles. The van der Waals surface area contributed by atoms with E-state index in [-0.39, 0.29) is 0 Å². The van der Waals surface area contributed by atoms with Gasteiger partial charge in [-0.1, -0.05) is 48.5 Å². The summed E-state index contributed by atoms with van der Waals surface area (Å²) in [5, 5.41) is 10.7. The topological polar surface area (TPSA) is 83.5 Å². The highest BCUT2D eigenvalue weighted by Gasteiger charge is 2.63. The predicted octanol–water partition coefficient (Wildman–Crippen LogP) is 1.64. The van der Waals surface area contributed by atoms with Crippen LogP contribution in [0.5, 0.6) is 0 Å². The summed E-state index contributed by atoms with van der Waals surface area (Å²) in [6.45, 7) is -0.556. The van der Waals surface area contributed by atoms with Crippen LogP contribution in [0.2, 0.25) is 0 Å². The third-order valence-corrected chi connectivity index (χ3v) is 5.31. The number of hydrogen-bond donors (Lipinski definition) is 1. The van der Waals surface area contributed by atoms with Crippen LogP contribution < -0.4 is 0 Å². The molecule has 4 fully saturated rings. The first kappa shape index (κ1) is 17.8. The number of carbonyl (C=O) groups excluding carboxylic acids is 1. The van der Waals surface area contributed by atoms with Gasteiger partial charge in [-0.2, -0.15) is 0 Å². The van der Waals surface area contributed by atoms with Crippen LogP contribution in [-0.2, 0) is 30.3 Å². The molecule has 4 aliphatic rings. The number of ether oxygens (including phenoxy) is 5. The second-order valence-electron chi connectivity index (χ2n) is 7.08. The average molecular weight is 384 g/mol. The molecule has 1 saturated carbocycles. The third-order valence-electron chi connectivity index (χ3n) is 5.31. The summed E-state index contributed by atoms with van der Waals surface area (Å²) in [5.41, 5.74) is 1.41. The van der Waals surface area contributed by atoms with Gasteiger partial charge in [0.15, 0.2) is 6.10 Å². The molecule has 7 nitrogen and oxygen atoms in total. The van der Waals surface area contributed by atoms with Crippen LogP contribution in [0.15, 0.2) is 60.7 Å². The molecule has 0 aromatic heterocycles. The Kier molecular flexibility index (Phi) is 4.62. The lowest BCUT2D eigenvalue weighted by atomic mass is 9.82. The largest absolute Gasteiger partial charge is 0.453 e. The number of benzene rings is 2. The molecule has 3 saturated heterocycles. The van der Waals surface area contributed by atoms with Gasteiger partial charge < -0.3 is 28.8 Å². The summed E-state index contributed by atoms with van der Waals surface area (Å²) >= 11 is 0. The maximum absolute atomic E-state index is 12.5. The standard InChI is InChI=1S/C21H20O7/c22-14-15-17(24-11-12-7-3-1-4-8-12)19-18(16(14)27-21(26-15)28-19)25-20(23)13-9-5-2-6-10-13/h1-10,14-19,21-22H,11H2/t14-,15+,16-,17-,18+,19+,21?/m0/s1. The Morgan fingerprint density at radius 3 is 2.18 bits per heavy atom. The Bertz CT molecular complexity index is 827. The van der Waals surface area contributed by atoms with Gasteiger partial charge in [0, 0.05) is 0 Å². The maximum atomic E-state index is 12.5. The van der Waals surface area contributed by atoms with E-state index in [1.807, 2.05) is 36.4 Å². The summed E-state index contributed by atoms with van der Waals surface area (Å²) in [6.07, 6.45) is -4.25. The molecule has 28 heavy (non-hydrogen) atoms. The van der Waals surface area contributed by atoms with Gasteiger partial charge in [-0.25, -0.2) is 4.79 Å². The molecule has 1 unspecified atom stereocenters. The van der Waals surface area contributed by atoms with Gasteiger partial charge in [-0.15, -0.1) is 0 Å². The Labute approximate surface area is 161 Å². The molecule has 146 valence electrons. The fraction of sp³-hybridized carbons (Fsp3) is 0.381. The molecule has 3 heterocycles. The third kappa shape index (κ3) is 3.11. The minimum absolute atomic E-state index is 0.327. The first-order valence-electron chi connectivity index (χ1n) is 9.27. The van der Waals surface area contributed by atoms with Gasteiger partial charge in [0.1, 0.15) is 30.5 Å². The maximum Gasteiger partial charge on any atom is 0.338 e. The number of carbonyl (C=O) groups is 1. The number of aliphatic hydroxyl groups excluding tert-OH is 1. The monoisotopic (exact) mass is 384 g/mol. The van der Waals surface area contributed by atoms with Crippen LogP contribution in [0.3, 0.4) is 0 Å². The second kappa shape index (κ2) is 7.27. The quantitative estimate of drug-likeness (QED) is 0.785. The van der Waals surface area contributed by atoms with E-state index in [1.165, 1.54) is 0 Å². The number of esters is 1. The van der Waals surface area contributed by atoms with Crippen molar-refractivity contribution in [2.24, 2.45) is 0 Å². The molecule has 6 rings (SSSR count). The van der Waals surface area contributed by atoms with Gasteiger partial charge >= 0.3 is 5.97 Å². The highest BCUT2D eigenvalue weighted by atomic mass is 16.9. The lowest BCUT2D eigenvalue weighted by Crippen LogP contribution is -2.76. The zero-order valence-electron chi connectivity index (χ0n) is 14.9.